The van der Waals surface area contributed by atoms with E-state index in [1.165, 1.54) is 13.2 Å². The zero-order valence-electron chi connectivity index (χ0n) is 8.89. The molecule has 16 heavy (non-hydrogen) atoms. The number of benzene rings is 1. The number of phenols is 1. The summed E-state index contributed by atoms with van der Waals surface area (Å²) in [4.78, 5) is 0. The third-order valence-corrected chi connectivity index (χ3v) is 3.46. The first-order chi connectivity index (χ1) is 7.65. The van der Waals surface area contributed by atoms with E-state index in [1.807, 2.05) is 0 Å². The standard InChI is InChI=1S/C11H13BrFNO2/c1-16-11-7(12)4-8(13)9(10(11)15)6-2-3-14-5-6/h4,6,14-15H,2-3,5H2,1H3. The molecule has 5 heteroatoms. The maximum absolute atomic E-state index is 13.8. The highest BCUT2D eigenvalue weighted by Gasteiger charge is 2.26. The number of phenolic OH excluding ortho intramolecular Hbond substituents is 1. The molecule has 1 saturated heterocycles. The van der Waals surface area contributed by atoms with E-state index < -0.39 is 0 Å². The molecule has 0 amide bonds. The molecule has 0 radical (unpaired) electrons. The van der Waals surface area contributed by atoms with E-state index in [2.05, 4.69) is 21.2 Å². The third-order valence-electron chi connectivity index (χ3n) is 2.87. The molecule has 0 saturated carbocycles. The second-order valence-corrected chi connectivity index (χ2v) is 4.68. The topological polar surface area (TPSA) is 41.5 Å². The summed E-state index contributed by atoms with van der Waals surface area (Å²) >= 11 is 3.16. The Hall–Kier alpha value is -0.810. The van der Waals surface area contributed by atoms with Crippen molar-refractivity contribution in [3.63, 3.8) is 0 Å². The average Bonchev–Trinajstić information content (AvgIpc) is 2.70. The van der Waals surface area contributed by atoms with Gasteiger partial charge in [0.1, 0.15) is 5.82 Å². The highest BCUT2D eigenvalue weighted by atomic mass is 79.9. The second-order valence-electron chi connectivity index (χ2n) is 3.83. The fraction of sp³-hybridized carbons (Fsp3) is 0.455. The fourth-order valence-electron chi connectivity index (χ4n) is 2.09. The predicted molar refractivity (Wildman–Crippen MR) is 62.5 cm³/mol. The summed E-state index contributed by atoms with van der Waals surface area (Å²) in [5.74, 6) is -0.174. The van der Waals surface area contributed by atoms with Crippen LogP contribution in [0.4, 0.5) is 4.39 Å². The molecular weight excluding hydrogens is 277 g/mol. The maximum atomic E-state index is 13.8. The van der Waals surface area contributed by atoms with Crippen LogP contribution in [-0.4, -0.2) is 25.3 Å². The smallest absolute Gasteiger partial charge is 0.175 e. The number of aromatic hydroxyl groups is 1. The molecule has 2 N–H and O–H groups in total. The van der Waals surface area contributed by atoms with Crippen LogP contribution in [0.25, 0.3) is 0 Å². The molecule has 2 rings (SSSR count). The first-order valence-electron chi connectivity index (χ1n) is 5.10. The van der Waals surface area contributed by atoms with Crippen LogP contribution in [0.5, 0.6) is 11.5 Å². The normalized spacial score (nSPS) is 20.1. The van der Waals surface area contributed by atoms with Gasteiger partial charge in [0.05, 0.1) is 11.6 Å². The van der Waals surface area contributed by atoms with Crippen LogP contribution < -0.4 is 10.1 Å². The lowest BCUT2D eigenvalue weighted by Crippen LogP contribution is -2.09. The Morgan fingerprint density at radius 3 is 2.94 bits per heavy atom. The van der Waals surface area contributed by atoms with Gasteiger partial charge in [0.15, 0.2) is 11.5 Å². The maximum Gasteiger partial charge on any atom is 0.175 e. The molecular formula is C11H13BrFNO2. The van der Waals surface area contributed by atoms with Gasteiger partial charge in [-0.15, -0.1) is 0 Å². The van der Waals surface area contributed by atoms with Crippen molar-refractivity contribution in [3.8, 4) is 11.5 Å². The van der Waals surface area contributed by atoms with Gasteiger partial charge in [-0.2, -0.15) is 0 Å². The lowest BCUT2D eigenvalue weighted by molar-refractivity contribution is 0.362. The second kappa shape index (κ2) is 4.59. The Balaban J connectivity index is 2.50. The molecule has 1 aliphatic heterocycles. The van der Waals surface area contributed by atoms with Gasteiger partial charge in [-0.1, -0.05) is 0 Å². The summed E-state index contributed by atoms with van der Waals surface area (Å²) < 4.78 is 19.3. The van der Waals surface area contributed by atoms with Gasteiger partial charge in [-0.3, -0.25) is 0 Å². The molecule has 1 unspecified atom stereocenters. The fourth-order valence-corrected chi connectivity index (χ4v) is 2.64. The third kappa shape index (κ3) is 1.89. The van der Waals surface area contributed by atoms with Gasteiger partial charge in [0, 0.05) is 18.0 Å². The van der Waals surface area contributed by atoms with E-state index in [0.29, 0.717) is 22.3 Å². The van der Waals surface area contributed by atoms with Crippen LogP contribution in [0.2, 0.25) is 0 Å². The van der Waals surface area contributed by atoms with Gasteiger partial charge in [-0.05, 0) is 35.0 Å². The number of halogens is 2. The van der Waals surface area contributed by atoms with E-state index in [4.69, 9.17) is 4.74 Å². The van der Waals surface area contributed by atoms with Crippen LogP contribution >= 0.6 is 15.9 Å². The summed E-state index contributed by atoms with van der Waals surface area (Å²) in [6, 6.07) is 1.34. The Morgan fingerprint density at radius 2 is 2.38 bits per heavy atom. The zero-order chi connectivity index (χ0) is 11.7. The van der Waals surface area contributed by atoms with Crippen molar-refractivity contribution in [3.05, 3.63) is 21.9 Å². The monoisotopic (exact) mass is 289 g/mol. The molecule has 1 atom stereocenters. The molecule has 0 bridgehead atoms. The van der Waals surface area contributed by atoms with Crippen LogP contribution in [0.3, 0.4) is 0 Å². The molecule has 1 aliphatic rings. The van der Waals surface area contributed by atoms with E-state index in [1.54, 1.807) is 0 Å². The molecule has 1 fully saturated rings. The van der Waals surface area contributed by atoms with E-state index in [-0.39, 0.29) is 17.5 Å². The minimum atomic E-state index is -0.390. The number of hydrogen-bond acceptors (Lipinski definition) is 3. The Kier molecular flexibility index (Phi) is 3.35. The van der Waals surface area contributed by atoms with Gasteiger partial charge in [-0.25, -0.2) is 4.39 Å². The van der Waals surface area contributed by atoms with Crippen molar-refractivity contribution in [2.24, 2.45) is 0 Å². The largest absolute Gasteiger partial charge is 0.504 e. The van der Waals surface area contributed by atoms with Crippen molar-refractivity contribution in [1.29, 1.82) is 0 Å². The highest BCUT2D eigenvalue weighted by molar-refractivity contribution is 9.10. The van der Waals surface area contributed by atoms with Crippen molar-refractivity contribution in [1.82, 2.24) is 5.32 Å². The first-order valence-corrected chi connectivity index (χ1v) is 5.90. The summed E-state index contributed by atoms with van der Waals surface area (Å²) in [5, 5.41) is 13.1. The molecule has 88 valence electrons. The molecule has 3 nitrogen and oxygen atoms in total. The SMILES string of the molecule is COc1c(Br)cc(F)c(C2CCNC2)c1O. The molecule has 1 heterocycles. The Bertz CT molecular complexity index is 405. The summed E-state index contributed by atoms with van der Waals surface area (Å²) in [6.07, 6.45) is 0.829. The van der Waals surface area contributed by atoms with Crippen molar-refractivity contribution < 1.29 is 14.2 Å². The highest BCUT2D eigenvalue weighted by Crippen LogP contribution is 2.43. The van der Waals surface area contributed by atoms with Crippen molar-refractivity contribution >= 4 is 15.9 Å². The molecule has 0 aliphatic carbocycles. The number of methoxy groups -OCH3 is 1. The number of nitrogens with one attached hydrogen (secondary N) is 1. The lowest BCUT2D eigenvalue weighted by Gasteiger charge is -2.16. The lowest BCUT2D eigenvalue weighted by atomic mass is 9.96. The zero-order valence-corrected chi connectivity index (χ0v) is 10.5. The Labute approximate surface area is 102 Å². The average molecular weight is 290 g/mol. The number of ether oxygens (including phenoxy) is 1. The summed E-state index contributed by atoms with van der Waals surface area (Å²) in [7, 11) is 1.45. The summed E-state index contributed by atoms with van der Waals surface area (Å²) in [5.41, 5.74) is 0.352. The molecule has 0 spiro atoms. The minimum Gasteiger partial charge on any atom is -0.504 e. The van der Waals surface area contributed by atoms with Crippen molar-refractivity contribution in [2.45, 2.75) is 12.3 Å². The molecule has 0 aromatic heterocycles. The van der Waals surface area contributed by atoms with Gasteiger partial charge < -0.3 is 15.2 Å². The van der Waals surface area contributed by atoms with E-state index in [0.717, 1.165) is 13.0 Å². The Morgan fingerprint density at radius 1 is 1.62 bits per heavy atom. The number of hydrogen-bond donors (Lipinski definition) is 2. The van der Waals surface area contributed by atoms with Crippen molar-refractivity contribution in [2.75, 3.05) is 20.2 Å². The summed E-state index contributed by atoms with van der Waals surface area (Å²) in [6.45, 7) is 1.54. The van der Waals surface area contributed by atoms with Crippen LogP contribution in [0, 0.1) is 5.82 Å². The molecule has 1 aromatic carbocycles. The van der Waals surface area contributed by atoms with Crippen LogP contribution in [0.15, 0.2) is 10.5 Å². The predicted octanol–water partition coefficient (Wildman–Crippen LogP) is 2.38. The van der Waals surface area contributed by atoms with Crippen LogP contribution in [-0.2, 0) is 0 Å². The quantitative estimate of drug-likeness (QED) is 0.878. The minimum absolute atomic E-state index is 0.0157. The van der Waals surface area contributed by atoms with Crippen LogP contribution in [0.1, 0.15) is 17.9 Å². The first kappa shape index (κ1) is 11.7. The number of rotatable bonds is 2. The molecule has 1 aromatic rings. The van der Waals surface area contributed by atoms with Gasteiger partial charge in [0.25, 0.3) is 0 Å². The van der Waals surface area contributed by atoms with Gasteiger partial charge in [0.2, 0.25) is 0 Å². The van der Waals surface area contributed by atoms with E-state index >= 15 is 0 Å². The van der Waals surface area contributed by atoms with E-state index in [9.17, 15) is 9.50 Å². The van der Waals surface area contributed by atoms with Gasteiger partial charge >= 0.3 is 0 Å².